The highest BCUT2D eigenvalue weighted by Gasteiger charge is 2.35. The van der Waals surface area contributed by atoms with Crippen molar-refractivity contribution < 1.29 is 19.6 Å². The monoisotopic (exact) mass is 331 g/mol. The summed E-state index contributed by atoms with van der Waals surface area (Å²) in [5.74, 6) is -1.95. The van der Waals surface area contributed by atoms with E-state index in [1.165, 1.54) is 6.07 Å². The quantitative estimate of drug-likeness (QED) is 0.622. The van der Waals surface area contributed by atoms with Crippen LogP contribution in [-0.2, 0) is 4.79 Å². The number of rotatable bonds is 6. The maximum Gasteiger partial charge on any atom is 0.308 e. The largest absolute Gasteiger partial charge is 0.481 e. The second-order valence-corrected chi connectivity index (χ2v) is 6.11. The van der Waals surface area contributed by atoms with E-state index in [0.717, 1.165) is 12.8 Å². The van der Waals surface area contributed by atoms with Gasteiger partial charge in [0.25, 0.3) is 11.6 Å². The number of aromatic amines is 1. The fourth-order valence-electron chi connectivity index (χ4n) is 2.72. The zero-order valence-electron chi connectivity index (χ0n) is 13.1. The molecule has 8 heteroatoms. The van der Waals surface area contributed by atoms with Crippen LogP contribution in [0.2, 0.25) is 0 Å². The Morgan fingerprint density at radius 3 is 2.75 bits per heavy atom. The number of fused-ring (bicyclic) bond motifs is 1. The molecular weight excluding hydrogens is 314 g/mol. The van der Waals surface area contributed by atoms with Crippen molar-refractivity contribution in [3.05, 3.63) is 40.1 Å². The van der Waals surface area contributed by atoms with Crippen LogP contribution in [0.15, 0.2) is 24.3 Å². The fourth-order valence-corrected chi connectivity index (χ4v) is 2.72. The van der Waals surface area contributed by atoms with Gasteiger partial charge in [0.05, 0.1) is 10.8 Å². The lowest BCUT2D eigenvalue weighted by Gasteiger charge is -2.23. The van der Waals surface area contributed by atoms with Crippen molar-refractivity contribution in [1.82, 2.24) is 9.88 Å². The molecule has 1 aromatic carbocycles. The van der Waals surface area contributed by atoms with Gasteiger partial charge in [-0.25, -0.2) is 0 Å². The lowest BCUT2D eigenvalue weighted by Crippen LogP contribution is -2.38. The van der Waals surface area contributed by atoms with Gasteiger partial charge in [0, 0.05) is 24.0 Å². The number of carbonyl (C=O) groups excluding carboxylic acids is 1. The maximum absolute atomic E-state index is 12.8. The predicted molar refractivity (Wildman–Crippen MR) is 85.8 cm³/mol. The minimum absolute atomic E-state index is 0.0423. The summed E-state index contributed by atoms with van der Waals surface area (Å²) in [7, 11) is 0. The van der Waals surface area contributed by atoms with E-state index in [4.69, 9.17) is 5.11 Å². The second-order valence-electron chi connectivity index (χ2n) is 6.11. The van der Waals surface area contributed by atoms with Gasteiger partial charge in [-0.1, -0.05) is 19.1 Å². The minimum Gasteiger partial charge on any atom is -0.481 e. The third-order valence-electron chi connectivity index (χ3n) is 4.20. The molecule has 24 heavy (non-hydrogen) atoms. The molecule has 1 aliphatic carbocycles. The molecule has 2 aromatic rings. The third-order valence-corrected chi connectivity index (χ3v) is 4.20. The van der Waals surface area contributed by atoms with E-state index in [2.05, 4.69) is 4.98 Å². The second kappa shape index (κ2) is 5.95. The minimum atomic E-state index is -0.958. The van der Waals surface area contributed by atoms with E-state index in [9.17, 15) is 19.7 Å². The van der Waals surface area contributed by atoms with Crippen molar-refractivity contribution in [2.24, 2.45) is 5.92 Å². The molecule has 3 rings (SSSR count). The summed E-state index contributed by atoms with van der Waals surface area (Å²) in [5.41, 5.74) is 0.445. The molecule has 2 N–H and O–H groups in total. The summed E-state index contributed by atoms with van der Waals surface area (Å²) in [5, 5.41) is 20.7. The molecule has 0 radical (unpaired) electrons. The Balaban J connectivity index is 1.93. The van der Waals surface area contributed by atoms with Crippen LogP contribution in [0, 0.1) is 16.0 Å². The van der Waals surface area contributed by atoms with Crippen LogP contribution in [-0.4, -0.2) is 44.4 Å². The van der Waals surface area contributed by atoms with Crippen molar-refractivity contribution in [3.8, 4) is 0 Å². The highest BCUT2D eigenvalue weighted by atomic mass is 16.6. The standard InChI is InChI=1S/C16H17N3O5/c1-9(16(21)22)8-18(11-5-6-11)15(20)12-7-10-3-2-4-13(19(23)24)14(10)17-12/h2-4,7,9,11,17H,5-6,8H2,1H3,(H,21,22). The molecule has 1 heterocycles. The molecule has 1 aliphatic rings. The number of nitro benzene ring substituents is 1. The number of nitro groups is 1. The van der Waals surface area contributed by atoms with E-state index in [1.807, 2.05) is 0 Å². The number of hydrogen-bond donors (Lipinski definition) is 2. The lowest BCUT2D eigenvalue weighted by molar-refractivity contribution is -0.383. The topological polar surface area (TPSA) is 117 Å². The van der Waals surface area contributed by atoms with Crippen molar-refractivity contribution in [3.63, 3.8) is 0 Å². The van der Waals surface area contributed by atoms with E-state index >= 15 is 0 Å². The first-order chi connectivity index (χ1) is 11.4. The number of amides is 1. The smallest absolute Gasteiger partial charge is 0.308 e. The van der Waals surface area contributed by atoms with Crippen LogP contribution in [0.5, 0.6) is 0 Å². The first-order valence-corrected chi connectivity index (χ1v) is 7.68. The van der Waals surface area contributed by atoms with E-state index in [0.29, 0.717) is 10.9 Å². The van der Waals surface area contributed by atoms with Crippen LogP contribution in [0.25, 0.3) is 10.9 Å². The average molecular weight is 331 g/mol. The number of carboxylic acids is 1. The van der Waals surface area contributed by atoms with Gasteiger partial charge in [-0.3, -0.25) is 19.7 Å². The summed E-state index contributed by atoms with van der Waals surface area (Å²) in [6, 6.07) is 6.25. The summed E-state index contributed by atoms with van der Waals surface area (Å²) in [6.45, 7) is 1.68. The number of carbonyl (C=O) groups is 2. The molecule has 1 amide bonds. The fraction of sp³-hybridized carbons (Fsp3) is 0.375. The molecule has 1 aromatic heterocycles. The van der Waals surface area contributed by atoms with Gasteiger partial charge in [0.15, 0.2) is 0 Å². The van der Waals surface area contributed by atoms with Gasteiger partial charge in [-0.05, 0) is 18.9 Å². The zero-order valence-corrected chi connectivity index (χ0v) is 13.1. The number of aromatic nitrogens is 1. The molecule has 126 valence electrons. The molecular formula is C16H17N3O5. The lowest BCUT2D eigenvalue weighted by atomic mass is 10.1. The highest BCUT2D eigenvalue weighted by molar-refractivity contribution is 6.00. The first kappa shape index (κ1) is 16.0. The molecule has 1 saturated carbocycles. The molecule has 1 fully saturated rings. The SMILES string of the molecule is CC(CN(C(=O)c1cc2cccc([N+](=O)[O-])c2[nH]1)C1CC1)C(=O)O. The van der Waals surface area contributed by atoms with Gasteiger partial charge < -0.3 is 15.0 Å². The number of nitrogens with one attached hydrogen (secondary N) is 1. The third kappa shape index (κ3) is 2.94. The van der Waals surface area contributed by atoms with Gasteiger partial charge in [-0.15, -0.1) is 0 Å². The molecule has 1 atom stereocenters. The van der Waals surface area contributed by atoms with Crippen molar-refractivity contribution in [1.29, 1.82) is 0 Å². The van der Waals surface area contributed by atoms with E-state index in [1.54, 1.807) is 30.0 Å². The van der Waals surface area contributed by atoms with Crippen molar-refractivity contribution in [2.75, 3.05) is 6.54 Å². The Bertz CT molecular complexity index is 824. The number of benzene rings is 1. The Morgan fingerprint density at radius 1 is 1.46 bits per heavy atom. The molecule has 0 aliphatic heterocycles. The van der Waals surface area contributed by atoms with E-state index < -0.39 is 16.8 Å². The summed E-state index contributed by atoms with van der Waals surface area (Å²) in [4.78, 5) is 38.8. The van der Waals surface area contributed by atoms with Crippen LogP contribution in [0.1, 0.15) is 30.3 Å². The number of nitrogens with zero attached hydrogens (tertiary/aromatic N) is 2. The molecule has 1 unspecified atom stereocenters. The number of H-pyrrole nitrogens is 1. The number of hydrogen-bond acceptors (Lipinski definition) is 4. The van der Waals surface area contributed by atoms with Gasteiger partial charge in [0.2, 0.25) is 0 Å². The predicted octanol–water partition coefficient (Wildman–Crippen LogP) is 2.40. The zero-order chi connectivity index (χ0) is 17.4. The van der Waals surface area contributed by atoms with Crippen LogP contribution in [0.4, 0.5) is 5.69 Å². The van der Waals surface area contributed by atoms with Crippen molar-refractivity contribution in [2.45, 2.75) is 25.8 Å². The van der Waals surface area contributed by atoms with Crippen LogP contribution < -0.4 is 0 Å². The highest BCUT2D eigenvalue weighted by Crippen LogP contribution is 2.31. The summed E-state index contributed by atoms with van der Waals surface area (Å²) in [6.07, 6.45) is 1.69. The summed E-state index contributed by atoms with van der Waals surface area (Å²) >= 11 is 0. The Labute approximate surface area is 137 Å². The average Bonchev–Trinajstić information content (AvgIpc) is 3.28. The molecule has 0 bridgehead atoms. The van der Waals surface area contributed by atoms with Gasteiger partial charge >= 0.3 is 5.97 Å². The number of aliphatic carboxylic acids is 1. The van der Waals surface area contributed by atoms with Crippen molar-refractivity contribution >= 4 is 28.5 Å². The van der Waals surface area contributed by atoms with Crippen LogP contribution in [0.3, 0.4) is 0 Å². The van der Waals surface area contributed by atoms with Crippen LogP contribution >= 0.6 is 0 Å². The van der Waals surface area contributed by atoms with Gasteiger partial charge in [0.1, 0.15) is 11.2 Å². The molecule has 0 saturated heterocycles. The first-order valence-electron chi connectivity index (χ1n) is 7.68. The molecule has 8 nitrogen and oxygen atoms in total. The summed E-state index contributed by atoms with van der Waals surface area (Å²) < 4.78 is 0. The Kier molecular flexibility index (Phi) is 3.96. The Hall–Kier alpha value is -2.90. The van der Waals surface area contributed by atoms with Gasteiger partial charge in [-0.2, -0.15) is 0 Å². The number of para-hydroxylation sites is 1. The maximum atomic E-state index is 12.8. The molecule has 0 spiro atoms. The van der Waals surface area contributed by atoms with E-state index in [-0.39, 0.29) is 29.9 Å². The number of carboxylic acid groups (broad SMARTS) is 1. The Morgan fingerprint density at radius 2 is 2.17 bits per heavy atom. The number of non-ortho nitro benzene ring substituents is 1. The normalized spacial score (nSPS) is 15.2.